The zero-order chi connectivity index (χ0) is 17.3. The molecule has 0 heterocycles. The number of benzene rings is 2. The highest BCUT2D eigenvalue weighted by Crippen LogP contribution is 2.76. The van der Waals surface area contributed by atoms with Gasteiger partial charge in [-0.2, -0.15) is 0 Å². The molecule has 2 aromatic carbocycles. The molecule has 4 fully saturated rings. The second kappa shape index (κ2) is 5.50. The van der Waals surface area contributed by atoms with Crippen molar-refractivity contribution in [3.05, 3.63) is 42.0 Å². The van der Waals surface area contributed by atoms with Crippen LogP contribution in [0.2, 0.25) is 0 Å². The van der Waals surface area contributed by atoms with Gasteiger partial charge in [0.25, 0.3) is 0 Å². The van der Waals surface area contributed by atoms with E-state index in [1.165, 1.54) is 42.9 Å². The molecule has 1 heteroatoms. The molecule has 26 heavy (non-hydrogen) atoms. The van der Waals surface area contributed by atoms with Crippen molar-refractivity contribution in [2.45, 2.75) is 57.3 Å². The molecule has 0 N–H and O–H groups in total. The minimum atomic E-state index is 0.512. The van der Waals surface area contributed by atoms with Gasteiger partial charge in [-0.1, -0.05) is 43.7 Å². The number of hydrogen-bond donors (Lipinski definition) is 0. The van der Waals surface area contributed by atoms with E-state index in [2.05, 4.69) is 43.3 Å². The average molecular weight is 347 g/mol. The molecule has 4 aliphatic rings. The monoisotopic (exact) mass is 346 g/mol. The number of fused-ring (bicyclic) bond motifs is 8. The van der Waals surface area contributed by atoms with Crippen LogP contribution in [-0.2, 0) is 5.41 Å². The lowest BCUT2D eigenvalue weighted by molar-refractivity contribution is 0.225. The molecule has 136 valence electrons. The first-order valence-electron chi connectivity index (χ1n) is 11.0. The second-order valence-corrected chi connectivity index (χ2v) is 9.60. The summed E-state index contributed by atoms with van der Waals surface area (Å²) in [5.41, 5.74) is 2.16. The van der Waals surface area contributed by atoms with Crippen LogP contribution in [0.1, 0.15) is 57.4 Å². The van der Waals surface area contributed by atoms with Crippen molar-refractivity contribution in [1.29, 1.82) is 0 Å². The molecular weight excluding hydrogens is 316 g/mol. The maximum Gasteiger partial charge on any atom is 0.127 e. The maximum absolute atomic E-state index is 6.14. The van der Waals surface area contributed by atoms with Crippen molar-refractivity contribution in [3.63, 3.8) is 0 Å². The molecule has 6 rings (SSSR count). The highest BCUT2D eigenvalue weighted by Gasteiger charge is 2.71. The van der Waals surface area contributed by atoms with Gasteiger partial charge in [-0.05, 0) is 90.5 Å². The molecule has 0 aliphatic heterocycles. The molecule has 0 aromatic heterocycles. The van der Waals surface area contributed by atoms with Crippen molar-refractivity contribution in [1.82, 2.24) is 0 Å². The minimum Gasteiger partial charge on any atom is -0.493 e. The molecule has 6 atom stereocenters. The van der Waals surface area contributed by atoms with E-state index in [-0.39, 0.29) is 0 Å². The molecule has 0 spiro atoms. The van der Waals surface area contributed by atoms with Crippen LogP contribution in [0.15, 0.2) is 36.4 Å². The Morgan fingerprint density at radius 1 is 1.00 bits per heavy atom. The van der Waals surface area contributed by atoms with Crippen molar-refractivity contribution < 1.29 is 4.74 Å². The van der Waals surface area contributed by atoms with E-state index in [4.69, 9.17) is 4.74 Å². The number of rotatable bonds is 5. The molecule has 2 aromatic rings. The van der Waals surface area contributed by atoms with E-state index >= 15 is 0 Å². The third-order valence-electron chi connectivity index (χ3n) is 8.53. The smallest absolute Gasteiger partial charge is 0.127 e. The average Bonchev–Trinajstić information content (AvgIpc) is 3.02. The Morgan fingerprint density at radius 2 is 1.85 bits per heavy atom. The lowest BCUT2D eigenvalue weighted by Gasteiger charge is -2.27. The van der Waals surface area contributed by atoms with E-state index in [1.54, 1.807) is 12.0 Å². The quantitative estimate of drug-likeness (QED) is 0.574. The minimum absolute atomic E-state index is 0.512. The third kappa shape index (κ3) is 1.98. The van der Waals surface area contributed by atoms with Gasteiger partial charge in [0.1, 0.15) is 5.75 Å². The van der Waals surface area contributed by atoms with Gasteiger partial charge in [0.2, 0.25) is 0 Å². The number of unbranched alkanes of at least 4 members (excludes halogenated alkanes) is 1. The van der Waals surface area contributed by atoms with Crippen molar-refractivity contribution in [2.75, 3.05) is 6.61 Å². The first-order valence-corrected chi connectivity index (χ1v) is 11.0. The summed E-state index contributed by atoms with van der Waals surface area (Å²) in [5, 5.41) is 2.80. The molecule has 0 radical (unpaired) electrons. The number of hydrogen-bond acceptors (Lipinski definition) is 1. The molecular formula is C25H30O. The van der Waals surface area contributed by atoms with Gasteiger partial charge in [-0.3, -0.25) is 0 Å². The first kappa shape index (κ1) is 15.5. The van der Waals surface area contributed by atoms with Gasteiger partial charge in [0, 0.05) is 5.39 Å². The molecule has 4 aliphatic carbocycles. The highest BCUT2D eigenvalue weighted by atomic mass is 16.5. The van der Waals surface area contributed by atoms with Crippen molar-refractivity contribution in [3.8, 4) is 5.75 Å². The topological polar surface area (TPSA) is 9.23 Å². The molecule has 6 unspecified atom stereocenters. The Bertz CT molecular complexity index is 854. The fraction of sp³-hybridized carbons (Fsp3) is 0.600. The van der Waals surface area contributed by atoms with Crippen LogP contribution in [0.3, 0.4) is 0 Å². The van der Waals surface area contributed by atoms with Crippen LogP contribution in [0.5, 0.6) is 5.75 Å². The fourth-order valence-corrected chi connectivity index (χ4v) is 7.46. The maximum atomic E-state index is 6.14. The van der Waals surface area contributed by atoms with Gasteiger partial charge in [0.05, 0.1) is 6.61 Å². The predicted octanol–water partition coefficient (Wildman–Crippen LogP) is 6.34. The summed E-state index contributed by atoms with van der Waals surface area (Å²) < 4.78 is 6.14. The zero-order valence-electron chi connectivity index (χ0n) is 15.9. The summed E-state index contributed by atoms with van der Waals surface area (Å²) in [4.78, 5) is 0. The number of ether oxygens (including phenoxy) is 1. The van der Waals surface area contributed by atoms with E-state index in [9.17, 15) is 0 Å². The van der Waals surface area contributed by atoms with E-state index in [0.29, 0.717) is 5.41 Å². The zero-order valence-corrected chi connectivity index (χ0v) is 15.9. The predicted molar refractivity (Wildman–Crippen MR) is 107 cm³/mol. The standard InChI is InChI=1S/C25H30O/c1-2-3-12-26-23-11-10-21(18-6-4-5-7-19(18)23)25-14-20-16-8-9-17(13-16)24(20)22(25)15-25/h4-7,10-11,16-17,20,22,24H,2-3,8-9,12-15H2,1H3. The lowest BCUT2D eigenvalue weighted by atomic mass is 9.78. The summed E-state index contributed by atoms with van der Waals surface area (Å²) in [6.07, 6.45) is 9.87. The van der Waals surface area contributed by atoms with Gasteiger partial charge in [-0.25, -0.2) is 0 Å². The molecule has 1 nitrogen and oxygen atoms in total. The molecule has 0 saturated heterocycles. The molecule has 4 saturated carbocycles. The Kier molecular flexibility index (Phi) is 3.29. The van der Waals surface area contributed by atoms with Crippen LogP contribution in [-0.4, -0.2) is 6.61 Å². The van der Waals surface area contributed by atoms with Crippen LogP contribution in [0.4, 0.5) is 0 Å². The summed E-state index contributed by atoms with van der Waals surface area (Å²) in [5.74, 6) is 6.32. The van der Waals surface area contributed by atoms with E-state index in [1.807, 2.05) is 0 Å². The SMILES string of the molecule is CCCCOc1ccc(C23CC4C5CCC(C5)C4C2C3)c2ccccc12. The Balaban J connectivity index is 1.38. The van der Waals surface area contributed by atoms with E-state index in [0.717, 1.165) is 48.4 Å². The summed E-state index contributed by atoms with van der Waals surface area (Å²) in [6, 6.07) is 13.7. The Morgan fingerprint density at radius 3 is 2.69 bits per heavy atom. The van der Waals surface area contributed by atoms with Gasteiger partial charge < -0.3 is 4.74 Å². The molecule has 2 bridgehead atoms. The van der Waals surface area contributed by atoms with Crippen molar-refractivity contribution in [2.24, 2.45) is 29.6 Å². The van der Waals surface area contributed by atoms with Gasteiger partial charge >= 0.3 is 0 Å². The Hall–Kier alpha value is -1.50. The fourth-order valence-electron chi connectivity index (χ4n) is 7.46. The summed E-state index contributed by atoms with van der Waals surface area (Å²) in [7, 11) is 0. The summed E-state index contributed by atoms with van der Waals surface area (Å²) in [6.45, 7) is 3.06. The first-order chi connectivity index (χ1) is 12.8. The Labute approximate surface area is 157 Å². The van der Waals surface area contributed by atoms with Gasteiger partial charge in [-0.15, -0.1) is 0 Å². The highest BCUT2D eigenvalue weighted by molar-refractivity contribution is 5.92. The normalized spacial score (nSPS) is 39.2. The van der Waals surface area contributed by atoms with Crippen LogP contribution < -0.4 is 4.74 Å². The largest absolute Gasteiger partial charge is 0.493 e. The second-order valence-electron chi connectivity index (χ2n) is 9.60. The van der Waals surface area contributed by atoms with Crippen LogP contribution in [0, 0.1) is 29.6 Å². The van der Waals surface area contributed by atoms with E-state index < -0.39 is 0 Å². The van der Waals surface area contributed by atoms with Crippen LogP contribution >= 0.6 is 0 Å². The van der Waals surface area contributed by atoms with Gasteiger partial charge in [0.15, 0.2) is 0 Å². The lowest BCUT2D eigenvalue weighted by Crippen LogP contribution is -2.20. The van der Waals surface area contributed by atoms with Crippen molar-refractivity contribution >= 4 is 10.8 Å². The van der Waals surface area contributed by atoms with Crippen LogP contribution in [0.25, 0.3) is 10.8 Å². The summed E-state index contributed by atoms with van der Waals surface area (Å²) >= 11 is 0. The molecule has 0 amide bonds. The third-order valence-corrected chi connectivity index (χ3v) is 8.53.